The minimum Gasteiger partial charge on any atom is -0.383 e. The van der Waals surface area contributed by atoms with Gasteiger partial charge in [0.1, 0.15) is 0 Å². The van der Waals surface area contributed by atoms with Gasteiger partial charge in [0.2, 0.25) is 0 Å². The first-order valence-electron chi connectivity index (χ1n) is 5.62. The summed E-state index contributed by atoms with van der Waals surface area (Å²) in [7, 11) is 1.72. The molecular formula is C11H20BrN3O. The van der Waals surface area contributed by atoms with Crippen LogP contribution in [-0.4, -0.2) is 36.6 Å². The summed E-state index contributed by atoms with van der Waals surface area (Å²) in [5.41, 5.74) is 2.33. The zero-order chi connectivity index (χ0) is 12.0. The highest BCUT2D eigenvalue weighted by Crippen LogP contribution is 2.21. The second-order valence-corrected chi connectivity index (χ2v) is 4.45. The van der Waals surface area contributed by atoms with Crippen molar-refractivity contribution in [3.8, 4) is 0 Å². The fraction of sp³-hybridized carbons (Fsp3) is 0.727. The first-order valence-corrected chi connectivity index (χ1v) is 6.41. The Hall–Kier alpha value is -0.390. The van der Waals surface area contributed by atoms with Gasteiger partial charge in [0, 0.05) is 33.2 Å². The molecule has 1 N–H and O–H groups in total. The number of aryl methyl sites for hydroxylation is 2. The molecule has 92 valence electrons. The van der Waals surface area contributed by atoms with E-state index in [2.05, 4.69) is 38.0 Å². The summed E-state index contributed by atoms with van der Waals surface area (Å²) in [5.74, 6) is 0. The van der Waals surface area contributed by atoms with E-state index >= 15 is 0 Å². The molecule has 1 aromatic heterocycles. The van der Waals surface area contributed by atoms with Gasteiger partial charge in [-0.3, -0.25) is 4.68 Å². The topological polar surface area (TPSA) is 39.1 Å². The Kier molecular flexibility index (Phi) is 6.01. The summed E-state index contributed by atoms with van der Waals surface area (Å²) in [4.78, 5) is 0. The number of ether oxygens (including phenoxy) is 1. The Balaban J connectivity index is 2.46. The normalized spacial score (nSPS) is 11.0. The Labute approximate surface area is 105 Å². The number of nitrogens with zero attached hydrogens (tertiary/aromatic N) is 2. The van der Waals surface area contributed by atoms with Gasteiger partial charge in [-0.1, -0.05) is 0 Å². The Morgan fingerprint density at radius 3 is 2.81 bits per heavy atom. The van der Waals surface area contributed by atoms with Gasteiger partial charge in [-0.05, 0) is 29.8 Å². The number of methoxy groups -OCH3 is 1. The minimum atomic E-state index is 0.757. The predicted molar refractivity (Wildman–Crippen MR) is 68.8 cm³/mol. The van der Waals surface area contributed by atoms with Crippen LogP contribution >= 0.6 is 15.9 Å². The molecule has 0 unspecified atom stereocenters. The number of hydrogen-bond acceptors (Lipinski definition) is 3. The molecule has 0 bridgehead atoms. The van der Waals surface area contributed by atoms with Crippen molar-refractivity contribution in [3.63, 3.8) is 0 Å². The Morgan fingerprint density at radius 1 is 1.44 bits per heavy atom. The van der Waals surface area contributed by atoms with Crippen molar-refractivity contribution in [2.45, 2.75) is 26.8 Å². The van der Waals surface area contributed by atoms with Crippen LogP contribution in [0.2, 0.25) is 0 Å². The van der Waals surface area contributed by atoms with Gasteiger partial charge < -0.3 is 10.1 Å². The highest BCUT2D eigenvalue weighted by atomic mass is 79.9. The van der Waals surface area contributed by atoms with E-state index in [-0.39, 0.29) is 0 Å². The summed E-state index contributed by atoms with van der Waals surface area (Å²) in [6.45, 7) is 7.66. The lowest BCUT2D eigenvalue weighted by Gasteiger charge is -2.06. The maximum Gasteiger partial charge on any atom is 0.0738 e. The predicted octanol–water partition coefficient (Wildman–Crippen LogP) is 1.75. The van der Waals surface area contributed by atoms with E-state index in [1.165, 1.54) is 5.69 Å². The number of hydrogen-bond donors (Lipinski definition) is 1. The molecule has 1 rings (SSSR count). The lowest BCUT2D eigenvalue weighted by molar-refractivity contribution is 0.199. The average Bonchev–Trinajstić information content (AvgIpc) is 2.56. The molecule has 0 saturated carbocycles. The third kappa shape index (κ3) is 3.57. The summed E-state index contributed by atoms with van der Waals surface area (Å²) < 4.78 is 8.17. The molecule has 4 nitrogen and oxygen atoms in total. The van der Waals surface area contributed by atoms with Gasteiger partial charge >= 0.3 is 0 Å². The first kappa shape index (κ1) is 13.7. The van der Waals surface area contributed by atoms with E-state index in [9.17, 15) is 0 Å². The quantitative estimate of drug-likeness (QED) is 0.778. The maximum atomic E-state index is 4.98. The van der Waals surface area contributed by atoms with Crippen LogP contribution in [0.15, 0.2) is 4.47 Å². The molecule has 0 aliphatic rings. The van der Waals surface area contributed by atoms with Crippen molar-refractivity contribution < 1.29 is 4.74 Å². The van der Waals surface area contributed by atoms with E-state index in [0.29, 0.717) is 0 Å². The van der Waals surface area contributed by atoms with Crippen LogP contribution in [0, 0.1) is 6.92 Å². The molecule has 5 heteroatoms. The van der Waals surface area contributed by atoms with E-state index in [0.717, 1.165) is 42.8 Å². The van der Waals surface area contributed by atoms with Gasteiger partial charge in [-0.15, -0.1) is 0 Å². The van der Waals surface area contributed by atoms with Gasteiger partial charge in [-0.2, -0.15) is 5.10 Å². The molecular weight excluding hydrogens is 270 g/mol. The maximum absolute atomic E-state index is 4.98. The summed E-state index contributed by atoms with van der Waals surface area (Å²) in [5, 5.41) is 7.80. The molecule has 0 amide bonds. The third-order valence-electron chi connectivity index (χ3n) is 2.47. The third-order valence-corrected chi connectivity index (χ3v) is 3.51. The summed E-state index contributed by atoms with van der Waals surface area (Å²) >= 11 is 3.59. The van der Waals surface area contributed by atoms with E-state index in [4.69, 9.17) is 4.74 Å². The minimum absolute atomic E-state index is 0.757. The van der Waals surface area contributed by atoms with Crippen molar-refractivity contribution >= 4 is 15.9 Å². The molecule has 0 spiro atoms. The fourth-order valence-electron chi connectivity index (χ4n) is 1.61. The van der Waals surface area contributed by atoms with Crippen molar-refractivity contribution in [1.29, 1.82) is 0 Å². The van der Waals surface area contributed by atoms with Crippen LogP contribution in [-0.2, 0) is 17.7 Å². The second-order valence-electron chi connectivity index (χ2n) is 3.65. The van der Waals surface area contributed by atoms with Crippen molar-refractivity contribution in [3.05, 3.63) is 15.9 Å². The summed E-state index contributed by atoms with van der Waals surface area (Å²) in [6, 6.07) is 0. The Morgan fingerprint density at radius 2 is 2.19 bits per heavy atom. The Bertz CT molecular complexity index is 325. The lowest BCUT2D eigenvalue weighted by Crippen LogP contribution is -2.22. The molecule has 1 aromatic rings. The molecule has 0 atom stereocenters. The SMILES string of the molecule is CCn1nc(C)c(Br)c1CCNCCOC. The largest absolute Gasteiger partial charge is 0.383 e. The number of halogens is 1. The lowest BCUT2D eigenvalue weighted by atomic mass is 10.3. The highest BCUT2D eigenvalue weighted by molar-refractivity contribution is 9.10. The number of rotatable bonds is 7. The zero-order valence-corrected chi connectivity index (χ0v) is 11.8. The molecule has 0 aliphatic carbocycles. The van der Waals surface area contributed by atoms with Crippen LogP contribution in [0.3, 0.4) is 0 Å². The van der Waals surface area contributed by atoms with E-state index in [1.54, 1.807) is 7.11 Å². The van der Waals surface area contributed by atoms with Gasteiger partial charge in [0.05, 0.1) is 22.5 Å². The van der Waals surface area contributed by atoms with Gasteiger partial charge in [0.15, 0.2) is 0 Å². The van der Waals surface area contributed by atoms with Gasteiger partial charge in [0.25, 0.3) is 0 Å². The molecule has 16 heavy (non-hydrogen) atoms. The van der Waals surface area contributed by atoms with Gasteiger partial charge in [-0.25, -0.2) is 0 Å². The first-order chi connectivity index (χ1) is 7.70. The molecule has 0 fully saturated rings. The monoisotopic (exact) mass is 289 g/mol. The molecule has 1 heterocycles. The second kappa shape index (κ2) is 7.04. The van der Waals surface area contributed by atoms with Crippen molar-refractivity contribution in [1.82, 2.24) is 15.1 Å². The van der Waals surface area contributed by atoms with E-state index < -0.39 is 0 Å². The van der Waals surface area contributed by atoms with E-state index in [1.807, 2.05) is 6.92 Å². The smallest absolute Gasteiger partial charge is 0.0738 e. The molecule has 0 aliphatic heterocycles. The van der Waals surface area contributed by atoms with Crippen LogP contribution < -0.4 is 5.32 Å². The highest BCUT2D eigenvalue weighted by Gasteiger charge is 2.10. The van der Waals surface area contributed by atoms with Crippen molar-refractivity contribution in [2.24, 2.45) is 0 Å². The van der Waals surface area contributed by atoms with Crippen LogP contribution in [0.1, 0.15) is 18.3 Å². The molecule has 0 aromatic carbocycles. The zero-order valence-electron chi connectivity index (χ0n) is 10.2. The number of aromatic nitrogens is 2. The van der Waals surface area contributed by atoms with Crippen LogP contribution in [0.5, 0.6) is 0 Å². The fourth-order valence-corrected chi connectivity index (χ4v) is 2.10. The standard InChI is InChI=1S/C11H20BrN3O/c1-4-15-10(11(12)9(2)14-15)5-6-13-7-8-16-3/h13H,4-8H2,1-3H3. The number of nitrogens with one attached hydrogen (secondary N) is 1. The molecule has 0 saturated heterocycles. The van der Waals surface area contributed by atoms with Crippen molar-refractivity contribution in [2.75, 3.05) is 26.8 Å². The molecule has 0 radical (unpaired) electrons. The summed E-state index contributed by atoms with van der Waals surface area (Å²) in [6.07, 6.45) is 0.985. The average molecular weight is 290 g/mol. The van der Waals surface area contributed by atoms with Crippen LogP contribution in [0.4, 0.5) is 0 Å². The van der Waals surface area contributed by atoms with Crippen LogP contribution in [0.25, 0.3) is 0 Å².